The molecule has 1 aromatic rings. The van der Waals surface area contributed by atoms with Gasteiger partial charge in [-0.3, -0.25) is 4.68 Å². The standard InChI is InChI=1S/C13H21N3O3/c1-9-10(12(17)18)11(16(3)15-9)14-8-13(2)4-6-19-7-5-13/h14H,4-8H2,1-3H3,(H,17,18). The van der Waals surface area contributed by atoms with Gasteiger partial charge in [-0.2, -0.15) is 5.10 Å². The Bertz CT molecular complexity index is 476. The van der Waals surface area contributed by atoms with Crippen LogP contribution in [-0.4, -0.2) is 40.6 Å². The van der Waals surface area contributed by atoms with Crippen molar-refractivity contribution in [3.05, 3.63) is 11.3 Å². The maximum Gasteiger partial charge on any atom is 0.341 e. The van der Waals surface area contributed by atoms with Gasteiger partial charge in [0, 0.05) is 26.8 Å². The van der Waals surface area contributed by atoms with Gasteiger partial charge in [-0.15, -0.1) is 0 Å². The van der Waals surface area contributed by atoms with E-state index in [-0.39, 0.29) is 11.0 Å². The van der Waals surface area contributed by atoms with Crippen molar-refractivity contribution in [2.45, 2.75) is 26.7 Å². The van der Waals surface area contributed by atoms with E-state index in [1.807, 2.05) is 0 Å². The second-order valence-corrected chi connectivity index (χ2v) is 5.51. The Hall–Kier alpha value is -1.56. The van der Waals surface area contributed by atoms with Crippen LogP contribution in [0.15, 0.2) is 0 Å². The summed E-state index contributed by atoms with van der Waals surface area (Å²) in [5.74, 6) is -0.358. The zero-order chi connectivity index (χ0) is 14.0. The highest BCUT2D eigenvalue weighted by atomic mass is 16.5. The lowest BCUT2D eigenvalue weighted by atomic mass is 9.82. The fourth-order valence-corrected chi connectivity index (χ4v) is 2.46. The van der Waals surface area contributed by atoms with Crippen LogP contribution in [0.3, 0.4) is 0 Å². The normalized spacial score (nSPS) is 18.3. The number of carbonyl (C=O) groups is 1. The minimum atomic E-state index is -0.940. The number of hydrogen-bond acceptors (Lipinski definition) is 4. The number of rotatable bonds is 4. The van der Waals surface area contributed by atoms with E-state index in [1.165, 1.54) is 0 Å². The molecule has 106 valence electrons. The molecule has 6 heteroatoms. The van der Waals surface area contributed by atoms with Crippen LogP contribution in [0.4, 0.5) is 5.82 Å². The van der Waals surface area contributed by atoms with Gasteiger partial charge in [0.1, 0.15) is 11.4 Å². The van der Waals surface area contributed by atoms with Gasteiger partial charge in [0.25, 0.3) is 0 Å². The molecule has 0 aromatic carbocycles. The van der Waals surface area contributed by atoms with Crippen molar-refractivity contribution < 1.29 is 14.6 Å². The van der Waals surface area contributed by atoms with E-state index in [9.17, 15) is 9.90 Å². The summed E-state index contributed by atoms with van der Waals surface area (Å²) in [4.78, 5) is 11.3. The Morgan fingerprint density at radius 1 is 1.53 bits per heavy atom. The lowest BCUT2D eigenvalue weighted by molar-refractivity contribution is 0.0299. The van der Waals surface area contributed by atoms with E-state index in [1.54, 1.807) is 18.7 Å². The van der Waals surface area contributed by atoms with Crippen molar-refractivity contribution in [1.29, 1.82) is 0 Å². The second-order valence-electron chi connectivity index (χ2n) is 5.51. The van der Waals surface area contributed by atoms with Crippen LogP contribution in [-0.2, 0) is 11.8 Å². The van der Waals surface area contributed by atoms with Crippen molar-refractivity contribution in [2.24, 2.45) is 12.5 Å². The van der Waals surface area contributed by atoms with Gasteiger partial charge in [-0.1, -0.05) is 6.92 Å². The summed E-state index contributed by atoms with van der Waals surface area (Å²) >= 11 is 0. The molecule has 19 heavy (non-hydrogen) atoms. The molecule has 0 spiro atoms. The quantitative estimate of drug-likeness (QED) is 0.867. The van der Waals surface area contributed by atoms with E-state index >= 15 is 0 Å². The van der Waals surface area contributed by atoms with Gasteiger partial charge in [0.15, 0.2) is 0 Å². The van der Waals surface area contributed by atoms with Crippen LogP contribution in [0.25, 0.3) is 0 Å². The summed E-state index contributed by atoms with van der Waals surface area (Å²) in [6.07, 6.45) is 1.97. The van der Waals surface area contributed by atoms with Gasteiger partial charge in [-0.25, -0.2) is 4.79 Å². The molecule has 1 saturated heterocycles. The van der Waals surface area contributed by atoms with Crippen LogP contribution >= 0.6 is 0 Å². The monoisotopic (exact) mass is 267 g/mol. The molecule has 6 nitrogen and oxygen atoms in total. The van der Waals surface area contributed by atoms with Gasteiger partial charge in [0.05, 0.1) is 5.69 Å². The SMILES string of the molecule is Cc1nn(C)c(NCC2(C)CCOCC2)c1C(=O)O. The zero-order valence-electron chi connectivity index (χ0n) is 11.7. The fraction of sp³-hybridized carbons (Fsp3) is 0.692. The van der Waals surface area contributed by atoms with Gasteiger partial charge < -0.3 is 15.2 Å². The first-order valence-electron chi connectivity index (χ1n) is 6.51. The van der Waals surface area contributed by atoms with E-state index in [0.717, 1.165) is 32.6 Å². The molecule has 2 rings (SSSR count). The van der Waals surface area contributed by atoms with Crippen LogP contribution in [0.1, 0.15) is 35.8 Å². The predicted molar refractivity (Wildman–Crippen MR) is 71.6 cm³/mol. The lowest BCUT2D eigenvalue weighted by Gasteiger charge is -2.33. The molecule has 0 atom stereocenters. The van der Waals surface area contributed by atoms with Crippen LogP contribution in [0.5, 0.6) is 0 Å². The minimum Gasteiger partial charge on any atom is -0.477 e. The molecule has 0 radical (unpaired) electrons. The first-order chi connectivity index (χ1) is 8.93. The average molecular weight is 267 g/mol. The van der Waals surface area contributed by atoms with Crippen molar-refractivity contribution in [3.63, 3.8) is 0 Å². The van der Waals surface area contributed by atoms with Crippen molar-refractivity contribution in [3.8, 4) is 0 Å². The third kappa shape index (κ3) is 2.89. The molecule has 1 fully saturated rings. The number of ether oxygens (including phenoxy) is 1. The Balaban J connectivity index is 2.13. The number of nitrogens with one attached hydrogen (secondary N) is 1. The summed E-state index contributed by atoms with van der Waals surface area (Å²) in [6, 6.07) is 0. The maximum absolute atomic E-state index is 11.3. The third-order valence-electron chi connectivity index (χ3n) is 3.82. The molecule has 0 unspecified atom stereocenters. The van der Waals surface area contributed by atoms with Crippen LogP contribution in [0, 0.1) is 12.3 Å². The highest BCUT2D eigenvalue weighted by molar-refractivity contribution is 5.94. The fourth-order valence-electron chi connectivity index (χ4n) is 2.46. The molecule has 1 aliphatic rings. The molecule has 2 N–H and O–H groups in total. The molecular weight excluding hydrogens is 246 g/mol. The first kappa shape index (κ1) is 13.9. The number of carboxylic acid groups (broad SMARTS) is 1. The summed E-state index contributed by atoms with van der Waals surface area (Å²) in [6.45, 7) is 6.19. The summed E-state index contributed by atoms with van der Waals surface area (Å²) in [7, 11) is 1.76. The van der Waals surface area contributed by atoms with E-state index < -0.39 is 5.97 Å². The number of anilines is 1. The number of nitrogens with zero attached hydrogens (tertiary/aromatic N) is 2. The van der Waals surface area contributed by atoms with E-state index in [0.29, 0.717) is 11.5 Å². The Labute approximate surface area is 112 Å². The summed E-state index contributed by atoms with van der Waals surface area (Å²) < 4.78 is 6.97. The van der Waals surface area contributed by atoms with Gasteiger partial charge >= 0.3 is 5.97 Å². The van der Waals surface area contributed by atoms with Gasteiger partial charge in [0.2, 0.25) is 0 Å². The van der Waals surface area contributed by atoms with E-state index in [4.69, 9.17) is 4.74 Å². The smallest absolute Gasteiger partial charge is 0.341 e. The Morgan fingerprint density at radius 2 is 2.16 bits per heavy atom. The van der Waals surface area contributed by atoms with Crippen molar-refractivity contribution in [2.75, 3.05) is 25.1 Å². The van der Waals surface area contributed by atoms with Gasteiger partial charge in [-0.05, 0) is 25.2 Å². The van der Waals surface area contributed by atoms with Crippen LogP contribution < -0.4 is 5.32 Å². The number of aromatic nitrogens is 2. The molecular formula is C13H21N3O3. The largest absolute Gasteiger partial charge is 0.477 e. The second kappa shape index (κ2) is 5.21. The minimum absolute atomic E-state index is 0.145. The average Bonchev–Trinajstić information content (AvgIpc) is 2.62. The number of aromatic carboxylic acids is 1. The molecule has 2 heterocycles. The number of aryl methyl sites for hydroxylation is 2. The Kier molecular flexibility index (Phi) is 3.80. The topological polar surface area (TPSA) is 76.4 Å². The first-order valence-corrected chi connectivity index (χ1v) is 6.51. The zero-order valence-corrected chi connectivity index (χ0v) is 11.7. The molecule has 1 aliphatic heterocycles. The molecule has 0 aliphatic carbocycles. The number of hydrogen-bond donors (Lipinski definition) is 2. The lowest BCUT2D eigenvalue weighted by Crippen LogP contribution is -2.33. The van der Waals surface area contributed by atoms with Crippen molar-refractivity contribution >= 4 is 11.8 Å². The van der Waals surface area contributed by atoms with E-state index in [2.05, 4.69) is 17.3 Å². The van der Waals surface area contributed by atoms with Crippen molar-refractivity contribution in [1.82, 2.24) is 9.78 Å². The molecule has 0 bridgehead atoms. The summed E-state index contributed by atoms with van der Waals surface area (Å²) in [5.41, 5.74) is 0.944. The summed E-state index contributed by atoms with van der Waals surface area (Å²) in [5, 5.41) is 16.7. The molecule has 0 amide bonds. The Morgan fingerprint density at radius 3 is 2.74 bits per heavy atom. The third-order valence-corrected chi connectivity index (χ3v) is 3.82. The molecule has 1 aromatic heterocycles. The highest BCUT2D eigenvalue weighted by Gasteiger charge is 2.28. The van der Waals surface area contributed by atoms with Crippen LogP contribution in [0.2, 0.25) is 0 Å². The maximum atomic E-state index is 11.3. The molecule has 0 saturated carbocycles. The number of carboxylic acids is 1. The highest BCUT2D eigenvalue weighted by Crippen LogP contribution is 2.30. The predicted octanol–water partition coefficient (Wildman–Crippen LogP) is 1.66.